The summed E-state index contributed by atoms with van der Waals surface area (Å²) in [6.07, 6.45) is 10.8. The van der Waals surface area contributed by atoms with Crippen LogP contribution in [-0.4, -0.2) is 6.54 Å². The fourth-order valence-electron chi connectivity index (χ4n) is 3.73. The lowest BCUT2D eigenvalue weighted by atomic mass is 9.77. The zero-order valence-corrected chi connectivity index (χ0v) is 12.3. The van der Waals surface area contributed by atoms with Gasteiger partial charge in [-0.3, -0.25) is 0 Å². The van der Waals surface area contributed by atoms with Gasteiger partial charge in [-0.05, 0) is 55.7 Å². The van der Waals surface area contributed by atoms with Gasteiger partial charge in [-0.1, -0.05) is 50.5 Å². The summed E-state index contributed by atoms with van der Waals surface area (Å²) in [5.74, 6) is 0.847. The molecule has 1 aliphatic carbocycles. The molecule has 1 nitrogen and oxygen atoms in total. The Morgan fingerprint density at radius 1 is 1.16 bits per heavy atom. The molecule has 0 radical (unpaired) electrons. The van der Waals surface area contributed by atoms with Crippen molar-refractivity contribution in [3.63, 3.8) is 0 Å². The van der Waals surface area contributed by atoms with E-state index in [-0.39, 0.29) is 5.54 Å². The fraction of sp³-hybridized carbons (Fsp3) is 0.667. The molecule has 19 heavy (non-hydrogen) atoms. The van der Waals surface area contributed by atoms with Crippen LogP contribution in [0.3, 0.4) is 0 Å². The van der Waals surface area contributed by atoms with Crippen molar-refractivity contribution < 1.29 is 0 Å². The highest BCUT2D eigenvalue weighted by molar-refractivity contribution is 5.32. The molecular weight excluding hydrogens is 230 g/mol. The lowest BCUT2D eigenvalue weighted by Crippen LogP contribution is -2.41. The molecule has 1 aliphatic heterocycles. The van der Waals surface area contributed by atoms with E-state index < -0.39 is 0 Å². The van der Waals surface area contributed by atoms with E-state index in [1.54, 1.807) is 11.1 Å². The molecule has 104 valence electrons. The van der Waals surface area contributed by atoms with E-state index in [4.69, 9.17) is 0 Å². The number of nitrogens with one attached hydrogen (secondary N) is 1. The lowest BCUT2D eigenvalue weighted by molar-refractivity contribution is 0.311. The maximum Gasteiger partial charge on any atom is 0.0432 e. The van der Waals surface area contributed by atoms with Crippen LogP contribution in [0, 0.1) is 0 Å². The third-order valence-electron chi connectivity index (χ3n) is 5.36. The largest absolute Gasteiger partial charge is 0.307 e. The Balaban J connectivity index is 1.89. The third kappa shape index (κ3) is 2.58. The zero-order valence-electron chi connectivity index (χ0n) is 12.3. The molecule has 3 rings (SSSR count). The highest BCUT2D eigenvalue weighted by Gasteiger charge is 2.31. The van der Waals surface area contributed by atoms with Gasteiger partial charge in [-0.2, -0.15) is 0 Å². The molecule has 1 atom stereocenters. The standard InChI is InChI=1S/C18H27N/c1-2-18(12-4-3-5-13-19-18)17-11-7-10-16(14-17)15-8-6-9-15/h7,10-11,14-15,19H,2-6,8-9,12-13H2,1H3. The normalized spacial score (nSPS) is 28.7. The smallest absolute Gasteiger partial charge is 0.0432 e. The average Bonchev–Trinajstić information content (AvgIpc) is 2.63. The van der Waals surface area contributed by atoms with Crippen LogP contribution >= 0.6 is 0 Å². The predicted molar refractivity (Wildman–Crippen MR) is 81.5 cm³/mol. The molecule has 0 spiro atoms. The third-order valence-corrected chi connectivity index (χ3v) is 5.36. The summed E-state index contributed by atoms with van der Waals surface area (Å²) in [4.78, 5) is 0. The summed E-state index contributed by atoms with van der Waals surface area (Å²) in [6.45, 7) is 3.52. The number of rotatable bonds is 3. The molecule has 1 aromatic rings. The maximum absolute atomic E-state index is 3.86. The van der Waals surface area contributed by atoms with Gasteiger partial charge in [-0.25, -0.2) is 0 Å². The maximum atomic E-state index is 3.86. The van der Waals surface area contributed by atoms with E-state index in [0.29, 0.717) is 0 Å². The molecule has 1 heterocycles. The fourth-order valence-corrected chi connectivity index (χ4v) is 3.73. The Bertz CT molecular complexity index is 411. The SMILES string of the molecule is CCC1(c2cccc(C3CCC3)c2)CCCCCN1. The highest BCUT2D eigenvalue weighted by Crippen LogP contribution is 2.39. The van der Waals surface area contributed by atoms with Crippen molar-refractivity contribution in [2.75, 3.05) is 6.54 Å². The molecule has 0 amide bonds. The monoisotopic (exact) mass is 257 g/mol. The van der Waals surface area contributed by atoms with Crippen molar-refractivity contribution in [3.8, 4) is 0 Å². The first-order valence-electron chi connectivity index (χ1n) is 8.19. The van der Waals surface area contributed by atoms with Gasteiger partial charge >= 0.3 is 0 Å². The Labute approximate surface area is 117 Å². The van der Waals surface area contributed by atoms with E-state index in [1.165, 1.54) is 57.9 Å². The molecule has 1 heteroatoms. The van der Waals surface area contributed by atoms with Gasteiger partial charge in [-0.15, -0.1) is 0 Å². The summed E-state index contributed by atoms with van der Waals surface area (Å²) >= 11 is 0. The second kappa shape index (κ2) is 5.66. The quantitative estimate of drug-likeness (QED) is 0.826. The molecule has 0 aromatic heterocycles. The van der Waals surface area contributed by atoms with Crippen LogP contribution in [0.2, 0.25) is 0 Å². The highest BCUT2D eigenvalue weighted by atomic mass is 15.0. The zero-order chi connectivity index (χ0) is 13.1. The van der Waals surface area contributed by atoms with Gasteiger partial charge in [0.25, 0.3) is 0 Å². The van der Waals surface area contributed by atoms with Crippen LogP contribution in [0.25, 0.3) is 0 Å². The summed E-state index contributed by atoms with van der Waals surface area (Å²) < 4.78 is 0. The topological polar surface area (TPSA) is 12.0 Å². The second-order valence-electron chi connectivity index (χ2n) is 6.43. The molecule has 1 saturated carbocycles. The molecular formula is C18H27N. The van der Waals surface area contributed by atoms with E-state index in [2.05, 4.69) is 36.5 Å². The number of benzene rings is 1. The van der Waals surface area contributed by atoms with Crippen LogP contribution in [0.5, 0.6) is 0 Å². The Morgan fingerprint density at radius 3 is 2.79 bits per heavy atom. The first-order chi connectivity index (χ1) is 9.34. The van der Waals surface area contributed by atoms with E-state index in [1.807, 2.05) is 0 Å². The van der Waals surface area contributed by atoms with Gasteiger partial charge in [0.05, 0.1) is 0 Å². The van der Waals surface area contributed by atoms with Gasteiger partial charge in [0.1, 0.15) is 0 Å². The van der Waals surface area contributed by atoms with Crippen LogP contribution in [0.1, 0.15) is 75.3 Å². The van der Waals surface area contributed by atoms with Crippen molar-refractivity contribution in [2.24, 2.45) is 0 Å². The summed E-state index contributed by atoms with van der Waals surface area (Å²) in [7, 11) is 0. The van der Waals surface area contributed by atoms with Crippen molar-refractivity contribution >= 4 is 0 Å². The average molecular weight is 257 g/mol. The lowest BCUT2D eigenvalue weighted by Gasteiger charge is -2.35. The molecule has 1 aromatic carbocycles. The van der Waals surface area contributed by atoms with Crippen LogP contribution in [0.15, 0.2) is 24.3 Å². The number of hydrogen-bond donors (Lipinski definition) is 1. The Kier molecular flexibility index (Phi) is 3.93. The second-order valence-corrected chi connectivity index (χ2v) is 6.43. The van der Waals surface area contributed by atoms with Crippen LogP contribution in [0.4, 0.5) is 0 Å². The summed E-state index contributed by atoms with van der Waals surface area (Å²) in [6, 6.07) is 9.48. The van der Waals surface area contributed by atoms with Crippen LogP contribution < -0.4 is 5.32 Å². The molecule has 1 saturated heterocycles. The first-order valence-corrected chi connectivity index (χ1v) is 8.19. The minimum atomic E-state index is 0.246. The van der Waals surface area contributed by atoms with Gasteiger partial charge in [0.2, 0.25) is 0 Å². The molecule has 2 aliphatic rings. The van der Waals surface area contributed by atoms with Crippen molar-refractivity contribution in [2.45, 2.75) is 69.7 Å². The summed E-state index contributed by atoms with van der Waals surface area (Å²) in [5, 5.41) is 3.86. The molecule has 0 bridgehead atoms. The minimum absolute atomic E-state index is 0.246. The van der Waals surface area contributed by atoms with Crippen molar-refractivity contribution in [1.82, 2.24) is 5.32 Å². The van der Waals surface area contributed by atoms with Gasteiger partial charge in [0.15, 0.2) is 0 Å². The Morgan fingerprint density at radius 2 is 2.05 bits per heavy atom. The molecule has 1 N–H and O–H groups in total. The van der Waals surface area contributed by atoms with Crippen molar-refractivity contribution in [1.29, 1.82) is 0 Å². The minimum Gasteiger partial charge on any atom is -0.307 e. The van der Waals surface area contributed by atoms with Gasteiger partial charge in [0, 0.05) is 5.54 Å². The summed E-state index contributed by atoms with van der Waals surface area (Å²) in [5.41, 5.74) is 3.37. The van der Waals surface area contributed by atoms with Crippen molar-refractivity contribution in [3.05, 3.63) is 35.4 Å². The van der Waals surface area contributed by atoms with Crippen LogP contribution in [-0.2, 0) is 5.54 Å². The van der Waals surface area contributed by atoms with E-state index in [0.717, 1.165) is 5.92 Å². The Hall–Kier alpha value is -0.820. The van der Waals surface area contributed by atoms with E-state index in [9.17, 15) is 0 Å². The number of hydrogen-bond acceptors (Lipinski definition) is 1. The predicted octanol–water partition coefficient (Wildman–Crippen LogP) is 4.72. The first kappa shape index (κ1) is 13.2. The van der Waals surface area contributed by atoms with E-state index >= 15 is 0 Å². The molecule has 1 unspecified atom stereocenters. The molecule has 2 fully saturated rings. The van der Waals surface area contributed by atoms with Gasteiger partial charge < -0.3 is 5.32 Å².